The van der Waals surface area contributed by atoms with Gasteiger partial charge in [0.15, 0.2) is 0 Å². The molecule has 134 valence electrons. The van der Waals surface area contributed by atoms with E-state index in [1.165, 1.54) is 12.1 Å². The number of rotatable bonds is 0. The lowest BCUT2D eigenvalue weighted by Crippen LogP contribution is -2.01. The van der Waals surface area contributed by atoms with E-state index in [-0.39, 0.29) is 22.2 Å². The van der Waals surface area contributed by atoms with Crippen LogP contribution in [0.25, 0.3) is 0 Å². The fraction of sp³-hybridized carbons (Fsp3) is 0. The maximum absolute atomic E-state index is 11.6. The van der Waals surface area contributed by atoms with Gasteiger partial charge >= 0.3 is 0 Å². The molecule has 0 aliphatic heterocycles. The van der Waals surface area contributed by atoms with Crippen molar-refractivity contribution in [2.45, 2.75) is 0 Å². The number of nitrogen functional groups attached to an aromatic ring is 2. The van der Waals surface area contributed by atoms with Gasteiger partial charge in [-0.05, 0) is 60.7 Å². The maximum Gasteiger partial charge on any atom is 0.201 e. The molecule has 0 unspecified atom stereocenters. The average molecular weight is 364 g/mol. The molecule has 0 amide bonds. The minimum atomic E-state index is -0.239. The van der Waals surface area contributed by atoms with Crippen LogP contribution in [0.5, 0.6) is 0 Å². The third kappa shape index (κ3) is 4.66. The first-order valence-electron chi connectivity index (χ1n) is 8.46. The number of hydrogen-bond donors (Lipinski definition) is 2. The Balaban J connectivity index is 1.97. The molecule has 0 spiro atoms. The highest BCUT2D eigenvalue weighted by atomic mass is 16.1. The van der Waals surface area contributed by atoms with Crippen molar-refractivity contribution in [3.8, 4) is 23.7 Å². The van der Waals surface area contributed by atoms with Crippen molar-refractivity contribution in [1.82, 2.24) is 0 Å². The van der Waals surface area contributed by atoms with Gasteiger partial charge in [-0.3, -0.25) is 9.59 Å². The molecule has 0 aliphatic rings. The van der Waals surface area contributed by atoms with Gasteiger partial charge in [0.2, 0.25) is 10.9 Å². The summed E-state index contributed by atoms with van der Waals surface area (Å²) in [5, 5.41) is 0. The van der Waals surface area contributed by atoms with Crippen LogP contribution in [-0.4, -0.2) is 0 Å². The zero-order valence-electron chi connectivity index (χ0n) is 14.9. The fourth-order valence-corrected chi connectivity index (χ4v) is 2.30. The number of benzene rings is 1. The standard InChI is InChI=1S/C24H16N2O2/c25-21-13-7-17(9-15-23(21)27)5-11-19-3-1-2-4-20(19)12-6-18-8-14-22(26)24(28)16-10-18/h1-4,7-10,13-16H,(H2,25,27)(H2,26,28). The first kappa shape index (κ1) is 18.5. The van der Waals surface area contributed by atoms with Crippen LogP contribution in [0.3, 0.4) is 0 Å². The Morgan fingerprint density at radius 3 is 1.32 bits per heavy atom. The van der Waals surface area contributed by atoms with E-state index in [4.69, 9.17) is 11.5 Å². The Hall–Kier alpha value is -4.28. The second-order valence-corrected chi connectivity index (χ2v) is 5.93. The van der Waals surface area contributed by atoms with Crippen molar-refractivity contribution in [2.75, 3.05) is 11.5 Å². The lowest BCUT2D eigenvalue weighted by molar-refractivity contribution is 1.58. The number of anilines is 2. The minimum absolute atomic E-state index is 0.178. The van der Waals surface area contributed by atoms with Gasteiger partial charge in [-0.15, -0.1) is 0 Å². The predicted molar refractivity (Wildman–Crippen MR) is 113 cm³/mol. The van der Waals surface area contributed by atoms with Gasteiger partial charge in [-0.2, -0.15) is 0 Å². The molecular formula is C24H16N2O2. The zero-order chi connectivity index (χ0) is 19.9. The summed E-state index contributed by atoms with van der Waals surface area (Å²) in [6.45, 7) is 0. The van der Waals surface area contributed by atoms with Crippen LogP contribution in [0.2, 0.25) is 0 Å². The normalized spacial score (nSPS) is 9.43. The van der Waals surface area contributed by atoms with E-state index in [0.717, 1.165) is 11.1 Å². The highest BCUT2D eigenvalue weighted by molar-refractivity contribution is 5.55. The summed E-state index contributed by atoms with van der Waals surface area (Å²) in [6.07, 6.45) is 0. The monoisotopic (exact) mass is 364 g/mol. The van der Waals surface area contributed by atoms with Gasteiger partial charge in [0.25, 0.3) is 0 Å². The molecule has 3 aromatic rings. The van der Waals surface area contributed by atoms with E-state index in [0.29, 0.717) is 11.1 Å². The molecule has 4 heteroatoms. The second kappa shape index (κ2) is 8.40. The van der Waals surface area contributed by atoms with Crippen molar-refractivity contribution < 1.29 is 0 Å². The van der Waals surface area contributed by atoms with Crippen molar-refractivity contribution in [3.63, 3.8) is 0 Å². The summed E-state index contributed by atoms with van der Waals surface area (Å²) in [5.74, 6) is 12.2. The van der Waals surface area contributed by atoms with E-state index in [9.17, 15) is 9.59 Å². The lowest BCUT2D eigenvalue weighted by Gasteiger charge is -1.95. The molecule has 4 nitrogen and oxygen atoms in total. The number of nitrogens with two attached hydrogens (primary N) is 2. The summed E-state index contributed by atoms with van der Waals surface area (Å²) < 4.78 is 0. The molecule has 0 fully saturated rings. The van der Waals surface area contributed by atoms with Gasteiger partial charge in [0.1, 0.15) is 0 Å². The molecule has 28 heavy (non-hydrogen) atoms. The smallest absolute Gasteiger partial charge is 0.201 e. The zero-order valence-corrected chi connectivity index (χ0v) is 14.9. The summed E-state index contributed by atoms with van der Waals surface area (Å²) >= 11 is 0. The van der Waals surface area contributed by atoms with Crippen LogP contribution < -0.4 is 22.3 Å². The van der Waals surface area contributed by atoms with E-state index >= 15 is 0 Å². The Morgan fingerprint density at radius 2 is 0.893 bits per heavy atom. The fourth-order valence-electron chi connectivity index (χ4n) is 2.30. The molecule has 4 N–H and O–H groups in total. The molecule has 0 radical (unpaired) electrons. The second-order valence-electron chi connectivity index (χ2n) is 5.93. The maximum atomic E-state index is 11.6. The third-order valence-corrected chi connectivity index (χ3v) is 3.89. The van der Waals surface area contributed by atoms with Gasteiger partial charge < -0.3 is 11.5 Å². The van der Waals surface area contributed by atoms with Gasteiger partial charge in [-0.25, -0.2) is 0 Å². The molecule has 0 saturated heterocycles. The topological polar surface area (TPSA) is 86.2 Å². The van der Waals surface area contributed by atoms with Crippen molar-refractivity contribution in [2.24, 2.45) is 0 Å². The molecule has 0 aromatic heterocycles. The molecular weight excluding hydrogens is 348 g/mol. The van der Waals surface area contributed by atoms with Crippen LogP contribution in [0.4, 0.5) is 11.4 Å². The molecule has 3 rings (SSSR count). The molecule has 0 bridgehead atoms. The molecule has 0 aliphatic carbocycles. The van der Waals surface area contributed by atoms with Crippen LogP contribution in [-0.2, 0) is 0 Å². The van der Waals surface area contributed by atoms with Crippen molar-refractivity contribution >= 4 is 11.4 Å². The van der Waals surface area contributed by atoms with E-state index < -0.39 is 0 Å². The van der Waals surface area contributed by atoms with Crippen molar-refractivity contribution in [3.05, 3.63) is 115 Å². The van der Waals surface area contributed by atoms with Gasteiger partial charge in [-0.1, -0.05) is 35.8 Å². The highest BCUT2D eigenvalue weighted by Gasteiger charge is 1.96. The Kier molecular flexibility index (Phi) is 5.55. The first-order valence-corrected chi connectivity index (χ1v) is 8.46. The van der Waals surface area contributed by atoms with E-state index in [1.54, 1.807) is 36.4 Å². The summed E-state index contributed by atoms with van der Waals surface area (Å²) in [5.41, 5.74) is 14.0. The van der Waals surface area contributed by atoms with Crippen LogP contribution in [0.1, 0.15) is 22.3 Å². The summed E-state index contributed by atoms with van der Waals surface area (Å²) in [6, 6.07) is 20.0. The Bertz CT molecular complexity index is 1190. The molecule has 0 heterocycles. The molecule has 3 aromatic carbocycles. The van der Waals surface area contributed by atoms with Crippen LogP contribution >= 0.6 is 0 Å². The summed E-state index contributed by atoms with van der Waals surface area (Å²) in [4.78, 5) is 23.1. The predicted octanol–water partition coefficient (Wildman–Crippen LogP) is 2.37. The van der Waals surface area contributed by atoms with Crippen molar-refractivity contribution in [1.29, 1.82) is 0 Å². The van der Waals surface area contributed by atoms with Gasteiger partial charge in [0.05, 0.1) is 11.4 Å². The average Bonchev–Trinajstić information content (AvgIpc) is 2.97. The van der Waals surface area contributed by atoms with E-state index in [2.05, 4.69) is 23.7 Å². The van der Waals surface area contributed by atoms with Crippen LogP contribution in [0, 0.1) is 23.7 Å². The summed E-state index contributed by atoms with van der Waals surface area (Å²) in [7, 11) is 0. The molecule has 0 saturated carbocycles. The molecule has 0 atom stereocenters. The number of hydrogen-bond acceptors (Lipinski definition) is 4. The van der Waals surface area contributed by atoms with Gasteiger partial charge in [0, 0.05) is 22.3 Å². The largest absolute Gasteiger partial charge is 0.396 e. The highest BCUT2D eigenvalue weighted by Crippen LogP contribution is 2.07. The third-order valence-electron chi connectivity index (χ3n) is 3.89. The first-order chi connectivity index (χ1) is 13.5. The SMILES string of the molecule is Nc1ccc(C#Cc2ccccc2C#Cc2ccc(N)c(=O)cc2)ccc1=O. The van der Waals surface area contributed by atoms with E-state index in [1.807, 2.05) is 24.3 Å². The quantitative estimate of drug-likeness (QED) is 0.600. The Morgan fingerprint density at radius 1 is 0.500 bits per heavy atom. The van der Waals surface area contributed by atoms with Crippen LogP contribution in [0.15, 0.2) is 82.4 Å². The Labute approximate surface area is 162 Å². The lowest BCUT2D eigenvalue weighted by atomic mass is 10.1. The minimum Gasteiger partial charge on any atom is -0.396 e.